The molecule has 20 heavy (non-hydrogen) atoms. The van der Waals surface area contributed by atoms with Gasteiger partial charge in [0.15, 0.2) is 11.3 Å². The first kappa shape index (κ1) is 12.3. The number of phenolic OH excluding ortho intramolecular Hbond substituents is 1. The molecule has 0 amide bonds. The van der Waals surface area contributed by atoms with Gasteiger partial charge in [0.25, 0.3) is 0 Å². The lowest BCUT2D eigenvalue weighted by molar-refractivity contribution is 0.0597. The van der Waals surface area contributed by atoms with Crippen LogP contribution in [0.1, 0.15) is 10.4 Å². The molecule has 3 rings (SSSR count). The molecule has 0 aliphatic heterocycles. The number of hydrogen-bond acceptors (Lipinski definition) is 4. The van der Waals surface area contributed by atoms with Crippen molar-refractivity contribution in [3.63, 3.8) is 0 Å². The second-order valence-corrected chi connectivity index (χ2v) is 4.34. The zero-order valence-corrected chi connectivity index (χ0v) is 10.8. The summed E-state index contributed by atoms with van der Waals surface area (Å²) in [7, 11) is 1.27. The Morgan fingerprint density at radius 2 is 1.95 bits per heavy atom. The second-order valence-electron chi connectivity index (χ2n) is 4.34. The molecule has 0 saturated heterocycles. The molecule has 2 aromatic carbocycles. The number of rotatable bonds is 2. The van der Waals surface area contributed by atoms with Gasteiger partial charge < -0.3 is 14.3 Å². The van der Waals surface area contributed by atoms with Crippen molar-refractivity contribution in [3.05, 3.63) is 54.3 Å². The molecule has 0 aliphatic carbocycles. The van der Waals surface area contributed by atoms with E-state index in [1.165, 1.54) is 13.4 Å². The van der Waals surface area contributed by atoms with Crippen LogP contribution < -0.4 is 0 Å². The smallest absolute Gasteiger partial charge is 0.341 e. The molecule has 1 aromatic heterocycles. The maximum atomic E-state index is 11.8. The topological polar surface area (TPSA) is 59.7 Å². The van der Waals surface area contributed by atoms with Crippen LogP contribution in [0.5, 0.6) is 5.75 Å². The zero-order valence-electron chi connectivity index (χ0n) is 10.8. The van der Waals surface area contributed by atoms with Crippen LogP contribution >= 0.6 is 0 Å². The summed E-state index contributed by atoms with van der Waals surface area (Å²) < 4.78 is 9.98. The molecule has 0 fully saturated rings. The molecule has 3 aromatic rings. The SMILES string of the molecule is COC(=O)c1cc(-c2ccccc2)c2ccoc2c1O. The lowest BCUT2D eigenvalue weighted by Crippen LogP contribution is -2.02. The molecular weight excluding hydrogens is 256 g/mol. The van der Waals surface area contributed by atoms with E-state index in [9.17, 15) is 9.90 Å². The Morgan fingerprint density at radius 1 is 1.20 bits per heavy atom. The summed E-state index contributed by atoms with van der Waals surface area (Å²) in [4.78, 5) is 11.8. The summed E-state index contributed by atoms with van der Waals surface area (Å²) in [6.07, 6.45) is 1.48. The highest BCUT2D eigenvalue weighted by Gasteiger charge is 2.20. The summed E-state index contributed by atoms with van der Waals surface area (Å²) >= 11 is 0. The number of furan rings is 1. The van der Waals surface area contributed by atoms with Crippen molar-refractivity contribution >= 4 is 16.9 Å². The Kier molecular flexibility index (Phi) is 2.91. The van der Waals surface area contributed by atoms with Crippen molar-refractivity contribution in [1.82, 2.24) is 0 Å². The third kappa shape index (κ3) is 1.82. The maximum absolute atomic E-state index is 11.8. The van der Waals surface area contributed by atoms with Crippen molar-refractivity contribution in [3.8, 4) is 16.9 Å². The molecule has 4 nitrogen and oxygen atoms in total. The van der Waals surface area contributed by atoms with Gasteiger partial charge in [0.1, 0.15) is 5.56 Å². The minimum absolute atomic E-state index is 0.0915. The number of aromatic hydroxyl groups is 1. The molecule has 1 N–H and O–H groups in total. The van der Waals surface area contributed by atoms with Gasteiger partial charge in [-0.2, -0.15) is 0 Å². The predicted octanol–water partition coefficient (Wildman–Crippen LogP) is 3.59. The van der Waals surface area contributed by atoms with Crippen molar-refractivity contribution in [2.75, 3.05) is 7.11 Å². The van der Waals surface area contributed by atoms with Crippen LogP contribution in [0.15, 0.2) is 53.1 Å². The van der Waals surface area contributed by atoms with E-state index in [0.29, 0.717) is 0 Å². The van der Waals surface area contributed by atoms with Crippen molar-refractivity contribution in [2.45, 2.75) is 0 Å². The third-order valence-electron chi connectivity index (χ3n) is 3.20. The summed E-state index contributed by atoms with van der Waals surface area (Å²) in [5.41, 5.74) is 2.12. The number of fused-ring (bicyclic) bond motifs is 1. The van der Waals surface area contributed by atoms with E-state index in [4.69, 9.17) is 9.15 Å². The first-order valence-corrected chi connectivity index (χ1v) is 6.09. The van der Waals surface area contributed by atoms with Crippen molar-refractivity contribution in [2.24, 2.45) is 0 Å². The van der Waals surface area contributed by atoms with Crippen molar-refractivity contribution in [1.29, 1.82) is 0 Å². The van der Waals surface area contributed by atoms with Gasteiger partial charge in [0.05, 0.1) is 13.4 Å². The van der Waals surface area contributed by atoms with Gasteiger partial charge in [-0.15, -0.1) is 0 Å². The monoisotopic (exact) mass is 268 g/mol. The van der Waals surface area contributed by atoms with E-state index in [1.807, 2.05) is 30.3 Å². The van der Waals surface area contributed by atoms with Crippen LogP contribution in [-0.4, -0.2) is 18.2 Å². The van der Waals surface area contributed by atoms with Crippen LogP contribution in [0.2, 0.25) is 0 Å². The highest BCUT2D eigenvalue weighted by Crippen LogP contribution is 2.37. The maximum Gasteiger partial charge on any atom is 0.341 e. The van der Waals surface area contributed by atoms with E-state index in [-0.39, 0.29) is 16.9 Å². The highest BCUT2D eigenvalue weighted by atomic mass is 16.5. The van der Waals surface area contributed by atoms with E-state index in [2.05, 4.69) is 0 Å². The fourth-order valence-electron chi connectivity index (χ4n) is 2.24. The first-order valence-electron chi connectivity index (χ1n) is 6.09. The Morgan fingerprint density at radius 3 is 2.65 bits per heavy atom. The molecular formula is C16H12O4. The zero-order chi connectivity index (χ0) is 14.1. The fraction of sp³-hybridized carbons (Fsp3) is 0.0625. The minimum Gasteiger partial charge on any atom is -0.504 e. The first-order chi connectivity index (χ1) is 9.72. The lowest BCUT2D eigenvalue weighted by atomic mass is 9.98. The van der Waals surface area contributed by atoms with Gasteiger partial charge in [0, 0.05) is 5.39 Å². The van der Waals surface area contributed by atoms with Gasteiger partial charge in [-0.25, -0.2) is 4.79 Å². The van der Waals surface area contributed by atoms with E-state index >= 15 is 0 Å². The van der Waals surface area contributed by atoms with Crippen LogP contribution in [0.3, 0.4) is 0 Å². The minimum atomic E-state index is -0.599. The molecule has 0 saturated carbocycles. The Bertz CT molecular complexity index is 772. The summed E-state index contributed by atoms with van der Waals surface area (Å²) in [6.45, 7) is 0. The number of phenols is 1. The number of ether oxygens (including phenoxy) is 1. The van der Waals surface area contributed by atoms with E-state index < -0.39 is 5.97 Å². The van der Waals surface area contributed by atoms with Gasteiger partial charge >= 0.3 is 5.97 Å². The van der Waals surface area contributed by atoms with Crippen LogP contribution in [0, 0.1) is 0 Å². The molecule has 100 valence electrons. The quantitative estimate of drug-likeness (QED) is 0.721. The molecule has 0 aliphatic rings. The van der Waals surface area contributed by atoms with E-state index in [1.54, 1.807) is 12.1 Å². The van der Waals surface area contributed by atoms with Crippen molar-refractivity contribution < 1.29 is 19.1 Å². The summed E-state index contributed by atoms with van der Waals surface area (Å²) in [5, 5.41) is 10.9. The molecule has 0 atom stereocenters. The van der Waals surface area contributed by atoms with Gasteiger partial charge in [0.2, 0.25) is 0 Å². The number of carbonyl (C=O) groups excluding carboxylic acids is 1. The lowest BCUT2D eigenvalue weighted by Gasteiger charge is -2.08. The standard InChI is InChI=1S/C16H12O4/c1-19-16(18)13-9-12(10-5-3-2-4-6-10)11-7-8-20-15(11)14(13)17/h2-9,17H,1H3. The number of benzene rings is 2. The number of methoxy groups -OCH3 is 1. The average Bonchev–Trinajstić information content (AvgIpc) is 2.98. The Hall–Kier alpha value is -2.75. The predicted molar refractivity (Wildman–Crippen MR) is 74.7 cm³/mol. The summed E-state index contributed by atoms with van der Waals surface area (Å²) in [6, 6.07) is 13.0. The number of esters is 1. The molecule has 0 spiro atoms. The normalized spacial score (nSPS) is 10.7. The van der Waals surface area contributed by atoms with Crippen LogP contribution in [-0.2, 0) is 4.74 Å². The number of carbonyl (C=O) groups is 1. The molecule has 4 heteroatoms. The van der Waals surface area contributed by atoms with Crippen LogP contribution in [0.4, 0.5) is 0 Å². The third-order valence-corrected chi connectivity index (χ3v) is 3.20. The highest BCUT2D eigenvalue weighted by molar-refractivity contribution is 6.05. The summed E-state index contributed by atoms with van der Waals surface area (Å²) in [5.74, 6) is -0.797. The Labute approximate surface area is 115 Å². The molecule has 0 bridgehead atoms. The van der Waals surface area contributed by atoms with Gasteiger partial charge in [-0.1, -0.05) is 30.3 Å². The fourth-order valence-corrected chi connectivity index (χ4v) is 2.24. The molecule has 0 radical (unpaired) electrons. The molecule has 1 heterocycles. The van der Waals surface area contributed by atoms with Gasteiger partial charge in [-0.05, 0) is 23.3 Å². The average molecular weight is 268 g/mol. The van der Waals surface area contributed by atoms with E-state index in [0.717, 1.165) is 16.5 Å². The number of hydrogen-bond donors (Lipinski definition) is 1. The second kappa shape index (κ2) is 4.74. The Balaban J connectivity index is 2.34. The largest absolute Gasteiger partial charge is 0.504 e. The van der Waals surface area contributed by atoms with Gasteiger partial charge in [-0.3, -0.25) is 0 Å². The molecule has 0 unspecified atom stereocenters. The van der Waals surface area contributed by atoms with Crippen LogP contribution in [0.25, 0.3) is 22.1 Å².